The first-order chi connectivity index (χ1) is 63.1. The maximum Gasteiger partial charge on any atom is 1.00 e. The van der Waals surface area contributed by atoms with E-state index in [-0.39, 0.29) is 183 Å². The number of methoxy groups -OCH3 is 3. The number of nitrogens with zero attached hydrogens (tertiary/aromatic N) is 9. The van der Waals surface area contributed by atoms with E-state index in [4.69, 9.17) is 39.3 Å². The van der Waals surface area contributed by atoms with Gasteiger partial charge in [0, 0.05) is 154 Å². The number of rotatable bonds is 18. The van der Waals surface area contributed by atoms with Gasteiger partial charge in [-0.05, 0) is 242 Å². The number of anilines is 6. The van der Waals surface area contributed by atoms with E-state index in [2.05, 4.69) is 50.0 Å². The number of aliphatic hydroxyl groups is 2. The number of carbonyl (C=O) groups is 6. The van der Waals surface area contributed by atoms with Crippen LogP contribution in [0, 0.1) is 55.1 Å². The normalized spacial score (nSPS) is 10.8. The summed E-state index contributed by atoms with van der Waals surface area (Å²) < 4.78 is 109. The van der Waals surface area contributed by atoms with Gasteiger partial charge in [0.05, 0.1) is 57.4 Å². The number of Topliss-reactive ketones (excluding diaryl/α,β-unsaturated/α-hetero) is 4. The van der Waals surface area contributed by atoms with Gasteiger partial charge >= 0.3 is 41.2 Å². The molecule has 1 amide bonds. The van der Waals surface area contributed by atoms with Gasteiger partial charge < -0.3 is 73.0 Å². The number of ether oxygens (including phenoxy) is 3. The molecule has 5 heterocycles. The van der Waals surface area contributed by atoms with Crippen molar-refractivity contribution < 1.29 is 135 Å². The molecule has 10 aromatic carbocycles. The Hall–Kier alpha value is -13.5. The van der Waals surface area contributed by atoms with Crippen LogP contribution in [0.1, 0.15) is 164 Å². The number of piperazine rings is 1. The Balaban J connectivity index is -0.000000365. The molecule has 0 saturated carbocycles. The maximum atomic E-state index is 12.9. The zero-order valence-corrected chi connectivity index (χ0v) is 76.2. The first-order valence-electron chi connectivity index (χ1n) is 39.7. The van der Waals surface area contributed by atoms with Gasteiger partial charge in [-0.3, -0.25) is 62.6 Å². The zero-order chi connectivity index (χ0) is 98.1. The van der Waals surface area contributed by atoms with Crippen LogP contribution in [-0.2, 0) is 14.2 Å². The number of carboxylic acids is 1. The van der Waals surface area contributed by atoms with Crippen molar-refractivity contribution in [2.45, 2.75) is 113 Å². The number of nitro groups is 2. The van der Waals surface area contributed by atoms with Gasteiger partial charge in [-0.25, -0.2) is 41.7 Å². The number of hydrogen-bond acceptors (Lipinski definition) is 26. The number of aromatic nitrogens is 5. The number of halogens is 7. The number of aromatic carboxylic acids is 1. The second-order valence-electron chi connectivity index (χ2n) is 26.8. The fraction of sp³-hybridized carbons (Fsp3) is 0.283. The Morgan fingerprint density at radius 3 is 1.19 bits per heavy atom. The molecule has 0 atom stereocenters. The zero-order valence-electron chi connectivity index (χ0n) is 74.4. The minimum atomic E-state index is -1.00. The van der Waals surface area contributed by atoms with Crippen LogP contribution in [-0.4, -0.2) is 193 Å². The van der Waals surface area contributed by atoms with Gasteiger partial charge in [-0.1, -0.05) is 59.4 Å². The number of aliphatic hydroxyl groups excluding tert-OH is 2. The minimum Gasteiger partial charge on any atom is -0.553 e. The third-order valence-corrected chi connectivity index (χ3v) is 18.5. The summed E-state index contributed by atoms with van der Waals surface area (Å²) >= 11 is 1.42. The van der Waals surface area contributed by atoms with Crippen LogP contribution in [0.5, 0.6) is 0 Å². The second-order valence-corrected chi connectivity index (χ2v) is 27.6. The quantitative estimate of drug-likeness (QED) is 0.00732. The number of carboxylic acid groups (broad SMARTS) is 1. The molecule has 15 rings (SSSR count). The van der Waals surface area contributed by atoms with Crippen molar-refractivity contribution >= 4 is 114 Å². The van der Waals surface area contributed by atoms with Crippen molar-refractivity contribution in [3.63, 3.8) is 0 Å². The first kappa shape index (κ1) is 135. The first-order valence-corrected chi connectivity index (χ1v) is 39.9. The molecule has 760 valence electrons. The van der Waals surface area contributed by atoms with Crippen molar-refractivity contribution in [3.05, 3.63) is 330 Å². The molecule has 0 bridgehead atoms. The summed E-state index contributed by atoms with van der Waals surface area (Å²) in [5.41, 5.74) is 19.9. The van der Waals surface area contributed by atoms with Crippen molar-refractivity contribution in [1.29, 1.82) is 0 Å². The predicted molar refractivity (Wildman–Crippen MR) is 540 cm³/mol. The number of imidazole rings is 2. The number of benzene rings is 10. The van der Waals surface area contributed by atoms with E-state index in [0.29, 0.717) is 50.4 Å². The predicted octanol–water partition coefficient (Wildman–Crippen LogP) is 19.8. The monoisotopic (exact) mass is 1990 g/mol. The van der Waals surface area contributed by atoms with Crippen LogP contribution in [0.3, 0.4) is 0 Å². The number of fused-ring (bicyclic) bond motifs is 2. The number of nitrogens with one attached hydrogen (secondary N) is 4. The molecule has 3 aromatic heterocycles. The molecule has 2 fully saturated rings. The number of carbonyl (C=O) groups excluding carboxylic acids is 5. The van der Waals surface area contributed by atoms with E-state index >= 15 is 0 Å². The van der Waals surface area contributed by atoms with Crippen molar-refractivity contribution in [2.75, 3.05) is 103 Å². The number of alkyl halides is 1. The molecule has 41 heteroatoms. The Morgan fingerprint density at radius 1 is 0.514 bits per heavy atom. The van der Waals surface area contributed by atoms with Gasteiger partial charge in [0.1, 0.15) is 47.4 Å². The van der Waals surface area contributed by atoms with Gasteiger partial charge in [0.25, 0.3) is 18.1 Å². The van der Waals surface area contributed by atoms with E-state index in [1.54, 1.807) is 110 Å². The molecule has 12 N–H and O–H groups in total. The third kappa shape index (κ3) is 45.4. The topological polar surface area (TPSA) is 464 Å². The molecule has 140 heavy (non-hydrogen) atoms. The number of amides is 1. The van der Waals surface area contributed by atoms with Gasteiger partial charge in [0.2, 0.25) is 5.82 Å². The van der Waals surface area contributed by atoms with E-state index in [9.17, 15) is 79.7 Å². The maximum absolute atomic E-state index is 12.9. The number of nitrogen functional groups attached to an aromatic ring is 2. The summed E-state index contributed by atoms with van der Waals surface area (Å²) in [5.74, 6) is 0.808. The summed E-state index contributed by atoms with van der Waals surface area (Å²) in [7, 11) is 3.53. The number of nitrogens with two attached hydrogens (primary N) is 2. The van der Waals surface area contributed by atoms with Crippen molar-refractivity contribution in [1.82, 2.24) is 39.2 Å². The Labute approximate surface area is 841 Å². The average molecular weight is 1990 g/mol. The molecule has 2 aliphatic rings. The summed E-state index contributed by atoms with van der Waals surface area (Å²) in [6, 6.07) is 52.4. The van der Waals surface area contributed by atoms with Gasteiger partial charge in [-0.15, -0.1) is 11.3 Å². The molecule has 2 saturated heterocycles. The number of ketones is 4. The van der Waals surface area contributed by atoms with Crippen LogP contribution in [0.15, 0.2) is 237 Å². The van der Waals surface area contributed by atoms with Crippen molar-refractivity contribution in [2.24, 2.45) is 0 Å². The molecular formula is C99H131F7N15NaO17S. The molecule has 13 aromatic rings. The molecule has 0 unspecified atom stereocenters. The van der Waals surface area contributed by atoms with Crippen LogP contribution < -0.4 is 57.0 Å². The van der Waals surface area contributed by atoms with Crippen LogP contribution in [0.4, 0.5) is 76.2 Å². The van der Waals surface area contributed by atoms with Crippen LogP contribution in [0.2, 0.25) is 0 Å². The number of thiazole rings is 1. The van der Waals surface area contributed by atoms with Crippen LogP contribution >= 0.6 is 11.3 Å². The largest absolute Gasteiger partial charge is 1.00 e. The minimum absolute atomic E-state index is 0. The smallest absolute Gasteiger partial charge is 0.553 e. The molecule has 2 aliphatic heterocycles. The fourth-order valence-electron chi connectivity index (χ4n) is 11.2. The summed E-state index contributed by atoms with van der Waals surface area (Å²) in [4.78, 5) is 104. The molecule has 0 spiro atoms. The summed E-state index contributed by atoms with van der Waals surface area (Å²) in [6.07, 6.45) is 4.94. The van der Waals surface area contributed by atoms with Crippen LogP contribution in [0.25, 0.3) is 39.3 Å². The van der Waals surface area contributed by atoms with E-state index in [1.165, 1.54) is 182 Å². The Morgan fingerprint density at radius 2 is 0.850 bits per heavy atom. The summed E-state index contributed by atoms with van der Waals surface area (Å²) in [5, 5.41) is 63.2. The SMILES string of the molecule is C.C.C.C.C.C.C.C.CC(=O)c1ccc(F)c([N+](=O)[O-])c1.CC(=O)c1ccc(Nc2ccc(F)cc2)c(N)c1.CC(=O)c1ccc(Nc2ccc(F)cc2)c([N+](=O)[O-])c1.CC(=O)c1ccc2c(c1)ncn2-c1ccc(F)cc1.CCO.CCO.COC(OC)OC.Nc1ccc(F)cc1.O=C(O)c1ccc2c(c1)ncn2-c1ccc(F)cc1.O=C(c1nccs1)N1CCN(C2CNC2)CC1.[2H]CF.[NH-]O.[Na+]. The van der Waals surface area contributed by atoms with E-state index in [0.717, 1.165) is 85.0 Å². The summed E-state index contributed by atoms with van der Waals surface area (Å²) in [6.45, 7) is 14.8. The van der Waals surface area contributed by atoms with Gasteiger partial charge in [-0.2, -0.15) is 4.39 Å². The Bertz CT molecular complexity index is 5640. The third-order valence-electron chi connectivity index (χ3n) is 17.8. The molecular weight excluding hydrogens is 1860 g/mol. The fourth-order valence-corrected chi connectivity index (χ4v) is 11.8. The standard InChI is InChI=1S/C15H11FN2O.C14H11FN2O3.C14H9FN2O2.C14H13FN2O.C11H16N4OS.C8H6FNO3.C6H6FN.C4H10O3.2C2H6O.CH3F.8CH4.H2NO.Na/c1-10(19)11-2-7-15-14(8-11)17-9-18(15)13-5-3-12(16)4-6-13;1-9(18)10-2-7-13(14(8-10)17(19)20)16-12-5-3-11(15)4-6-12;15-10-2-4-11(5-3-10)17-8-16-12-7-9(14(18)19)1-6-13(12)17;1-9(18)10-2-7-14(13(16)8-10)17-12-5-3-11(15)4-6-12;16-11(10-13-1-6-17-10)15-4-2-14(3-5-15)9-7-12-8-9;1-5(11)6-2-3-7(9)8(4-6)10(12)13;7-5-1-3-6(8)4-2-5;1-5-4(6-2)7-3;2*1-2-3;1-2;;;;;;;;;1-2;/h2-9H,1H3;2-8,16H,1H3;1-8H,(H,18,19);2-8,17H,16H2,1H3;1,6,9,12H,2-5,7-8H2;2-4H,1H3;1-4H,8H2;4H,1-3H3;2*3H,2H2,1H3;1H3;8*1H4;1-2H;/q;;;;;;;;;;;;;;;;;;;-1;+1/i;;;;;;;;;;1D;;;;;;;;;;. The van der Waals surface area contributed by atoms with E-state index < -0.39 is 46.8 Å². The van der Waals surface area contributed by atoms with Gasteiger partial charge in [0.15, 0.2) is 28.1 Å². The molecule has 0 aliphatic carbocycles. The van der Waals surface area contributed by atoms with Crippen molar-refractivity contribution in [3.8, 4) is 11.4 Å². The second kappa shape index (κ2) is 72.8. The molecule has 0 radical (unpaired) electrons. The number of hydrogen-bond donors (Lipinski definition) is 9. The number of nitro benzene ring substituents is 2. The Kier molecular flexibility index (Phi) is 70.2. The average Bonchev–Trinajstić information content (AvgIpc) is 1.65. The van der Waals surface area contributed by atoms with E-state index in [1.807, 2.05) is 20.9 Å². The molecule has 32 nitrogen and oxygen atoms in total.